The molecule has 0 spiro atoms. The molecule has 4 aliphatic rings. The van der Waals surface area contributed by atoms with Gasteiger partial charge in [-0.3, -0.25) is 4.90 Å². The number of hydrogen-bond acceptors (Lipinski definition) is 6. The third-order valence-electron chi connectivity index (χ3n) is 8.17. The lowest BCUT2D eigenvalue weighted by Crippen LogP contribution is -2.43. The molecule has 2 aliphatic heterocycles. The van der Waals surface area contributed by atoms with Gasteiger partial charge in [-0.15, -0.1) is 0 Å². The first kappa shape index (κ1) is 21.0. The van der Waals surface area contributed by atoms with E-state index in [0.717, 1.165) is 56.8 Å². The molecular weight excluding hydrogens is 418 g/mol. The smallest absolute Gasteiger partial charge is 0.343 e. The predicted octanol–water partition coefficient (Wildman–Crippen LogP) is 3.71. The number of benzene rings is 2. The molecule has 1 saturated heterocycles. The number of likely N-dealkylation sites (tertiary alicyclic amines) is 1. The van der Waals surface area contributed by atoms with E-state index in [0.29, 0.717) is 36.7 Å². The summed E-state index contributed by atoms with van der Waals surface area (Å²) in [5.41, 5.74) is 0.355. The Labute approximate surface area is 194 Å². The zero-order valence-corrected chi connectivity index (χ0v) is 18.8. The highest BCUT2D eigenvalue weighted by atomic mass is 16.7. The second-order valence-electron chi connectivity index (χ2n) is 10.1. The highest BCUT2D eigenvalue weighted by Gasteiger charge is 2.56. The summed E-state index contributed by atoms with van der Waals surface area (Å²) in [5, 5.41) is 11.6. The maximum absolute atomic E-state index is 13.2. The van der Waals surface area contributed by atoms with Crippen molar-refractivity contribution < 1.29 is 24.1 Å². The van der Waals surface area contributed by atoms with Gasteiger partial charge >= 0.3 is 5.97 Å². The van der Waals surface area contributed by atoms with Crippen molar-refractivity contribution in [3.05, 3.63) is 59.7 Å². The molecule has 6 heteroatoms. The largest absolute Gasteiger partial charge is 0.463 e. The summed E-state index contributed by atoms with van der Waals surface area (Å²) in [4.78, 5) is 15.7. The van der Waals surface area contributed by atoms with E-state index in [1.54, 1.807) is 0 Å². The monoisotopic (exact) mass is 449 g/mol. The van der Waals surface area contributed by atoms with Crippen molar-refractivity contribution in [2.45, 2.75) is 37.8 Å². The van der Waals surface area contributed by atoms with Gasteiger partial charge in [0.2, 0.25) is 6.79 Å². The fourth-order valence-electron chi connectivity index (χ4n) is 6.25. The number of carbonyl (C=O) groups is 1. The fraction of sp³-hybridized carbons (Fsp3) is 0.519. The standard InChI is InChI=1S/C27H31NO5/c29-26(27(30,20-8-4-5-9-20)19-6-2-1-3-7-19)31-16-23-21-14-28(15-22(21)23)13-18-10-11-24-25(12-18)33-17-32-24/h1-3,6-7,10-12,20-23,30H,4-5,8-9,13-17H2/t21-,22+,23?,27-/m1/s1. The van der Waals surface area contributed by atoms with E-state index < -0.39 is 11.6 Å². The van der Waals surface area contributed by atoms with Gasteiger partial charge in [0, 0.05) is 31.5 Å². The fourth-order valence-corrected chi connectivity index (χ4v) is 6.25. The van der Waals surface area contributed by atoms with Gasteiger partial charge in [-0.1, -0.05) is 49.2 Å². The van der Waals surface area contributed by atoms with Gasteiger partial charge < -0.3 is 19.3 Å². The first-order valence-electron chi connectivity index (χ1n) is 12.2. The summed E-state index contributed by atoms with van der Waals surface area (Å²) < 4.78 is 16.7. The number of carbonyl (C=O) groups excluding carboxylic acids is 1. The number of ether oxygens (including phenoxy) is 3. The van der Waals surface area contributed by atoms with E-state index in [9.17, 15) is 9.90 Å². The van der Waals surface area contributed by atoms with Crippen molar-refractivity contribution in [1.29, 1.82) is 0 Å². The molecule has 2 heterocycles. The minimum Gasteiger partial charge on any atom is -0.463 e. The van der Waals surface area contributed by atoms with Gasteiger partial charge in [-0.25, -0.2) is 4.79 Å². The SMILES string of the molecule is O=C(OCC1[C@H]2CN(Cc3ccc4c(c3)OCO4)C[C@@H]12)[C@@](O)(c1ccccc1)C1CCCC1. The molecule has 2 aliphatic carbocycles. The molecule has 6 nitrogen and oxygen atoms in total. The molecule has 4 atom stereocenters. The van der Waals surface area contributed by atoms with Crippen molar-refractivity contribution in [2.24, 2.45) is 23.7 Å². The quantitative estimate of drug-likeness (QED) is 0.650. The highest BCUT2D eigenvalue weighted by molar-refractivity contribution is 5.81. The van der Waals surface area contributed by atoms with Crippen molar-refractivity contribution in [3.63, 3.8) is 0 Å². The van der Waals surface area contributed by atoms with Gasteiger partial charge in [0.15, 0.2) is 17.1 Å². The number of rotatable bonds is 7. The van der Waals surface area contributed by atoms with Crippen molar-refractivity contribution >= 4 is 5.97 Å². The molecule has 33 heavy (non-hydrogen) atoms. The molecule has 6 rings (SSSR count). The second kappa shape index (κ2) is 8.33. The van der Waals surface area contributed by atoms with Crippen LogP contribution in [0.2, 0.25) is 0 Å². The van der Waals surface area contributed by atoms with Crippen molar-refractivity contribution in [1.82, 2.24) is 4.90 Å². The Morgan fingerprint density at radius 1 is 1.03 bits per heavy atom. The maximum atomic E-state index is 13.2. The zero-order valence-electron chi connectivity index (χ0n) is 18.8. The molecule has 2 aromatic rings. The van der Waals surface area contributed by atoms with Crippen LogP contribution in [0, 0.1) is 23.7 Å². The first-order chi connectivity index (χ1) is 16.1. The highest BCUT2D eigenvalue weighted by Crippen LogP contribution is 2.52. The number of aliphatic hydroxyl groups is 1. The van der Waals surface area contributed by atoms with E-state index in [1.807, 2.05) is 36.4 Å². The number of piperidine rings is 1. The number of nitrogens with zero attached hydrogens (tertiary/aromatic N) is 1. The van der Waals surface area contributed by atoms with Crippen LogP contribution >= 0.6 is 0 Å². The Kier molecular flexibility index (Phi) is 5.30. The molecule has 3 fully saturated rings. The molecule has 0 bridgehead atoms. The maximum Gasteiger partial charge on any atom is 0.343 e. The molecule has 2 aromatic carbocycles. The minimum absolute atomic E-state index is 0.0664. The average molecular weight is 450 g/mol. The number of hydrogen-bond donors (Lipinski definition) is 1. The summed E-state index contributed by atoms with van der Waals surface area (Å²) in [6.07, 6.45) is 3.84. The molecule has 0 radical (unpaired) electrons. The van der Waals surface area contributed by atoms with Crippen LogP contribution in [-0.4, -0.2) is 42.5 Å². The summed E-state index contributed by atoms with van der Waals surface area (Å²) in [5.74, 6) is 2.66. The van der Waals surface area contributed by atoms with Crippen LogP contribution in [0.4, 0.5) is 0 Å². The van der Waals surface area contributed by atoms with Gasteiger partial charge in [0.1, 0.15) is 0 Å². The normalized spacial score (nSPS) is 27.8. The summed E-state index contributed by atoms with van der Waals surface area (Å²) >= 11 is 0. The van der Waals surface area contributed by atoms with Crippen LogP contribution in [0.25, 0.3) is 0 Å². The molecule has 1 unspecified atom stereocenters. The van der Waals surface area contributed by atoms with Crippen molar-refractivity contribution in [3.8, 4) is 11.5 Å². The van der Waals surface area contributed by atoms with E-state index in [4.69, 9.17) is 14.2 Å². The van der Waals surface area contributed by atoms with Gasteiger partial charge in [-0.2, -0.15) is 0 Å². The predicted molar refractivity (Wildman–Crippen MR) is 122 cm³/mol. The lowest BCUT2D eigenvalue weighted by Gasteiger charge is -2.32. The van der Waals surface area contributed by atoms with Crippen LogP contribution in [-0.2, 0) is 21.7 Å². The van der Waals surface area contributed by atoms with Crippen LogP contribution in [0.1, 0.15) is 36.8 Å². The topological polar surface area (TPSA) is 68.2 Å². The van der Waals surface area contributed by atoms with Crippen LogP contribution in [0.5, 0.6) is 11.5 Å². The lowest BCUT2D eigenvalue weighted by atomic mass is 9.80. The molecule has 2 saturated carbocycles. The summed E-state index contributed by atoms with van der Waals surface area (Å²) in [6.45, 7) is 3.65. The average Bonchev–Trinajstić information content (AvgIpc) is 3.38. The van der Waals surface area contributed by atoms with E-state index in [2.05, 4.69) is 17.0 Å². The van der Waals surface area contributed by atoms with Gasteiger partial charge in [0.25, 0.3) is 0 Å². The number of esters is 1. The van der Waals surface area contributed by atoms with E-state index >= 15 is 0 Å². The van der Waals surface area contributed by atoms with Gasteiger partial charge in [0.05, 0.1) is 6.61 Å². The second-order valence-corrected chi connectivity index (χ2v) is 10.1. The summed E-state index contributed by atoms with van der Waals surface area (Å²) in [7, 11) is 0. The molecule has 1 N–H and O–H groups in total. The van der Waals surface area contributed by atoms with Crippen LogP contribution < -0.4 is 9.47 Å². The first-order valence-corrected chi connectivity index (χ1v) is 12.2. The van der Waals surface area contributed by atoms with Crippen LogP contribution in [0.15, 0.2) is 48.5 Å². The Bertz CT molecular complexity index is 1010. The molecular formula is C27H31NO5. The molecule has 0 amide bonds. The third kappa shape index (κ3) is 3.79. The lowest BCUT2D eigenvalue weighted by molar-refractivity contribution is -0.174. The Morgan fingerprint density at radius 3 is 2.52 bits per heavy atom. The van der Waals surface area contributed by atoms with Crippen LogP contribution in [0.3, 0.4) is 0 Å². The minimum atomic E-state index is -1.53. The van der Waals surface area contributed by atoms with E-state index in [1.165, 1.54) is 5.56 Å². The van der Waals surface area contributed by atoms with Gasteiger partial charge in [-0.05, 0) is 47.9 Å². The van der Waals surface area contributed by atoms with Crippen molar-refractivity contribution in [2.75, 3.05) is 26.5 Å². The third-order valence-corrected chi connectivity index (χ3v) is 8.17. The summed E-state index contributed by atoms with van der Waals surface area (Å²) in [6, 6.07) is 15.5. The Morgan fingerprint density at radius 2 is 1.76 bits per heavy atom. The molecule has 174 valence electrons. The Hall–Kier alpha value is -2.57. The molecule has 0 aromatic heterocycles. The Balaban J connectivity index is 1.04. The zero-order chi connectivity index (χ0) is 22.4. The van der Waals surface area contributed by atoms with E-state index in [-0.39, 0.29) is 5.92 Å². The number of fused-ring (bicyclic) bond motifs is 2.